The summed E-state index contributed by atoms with van der Waals surface area (Å²) in [5.74, 6) is 0.738. The Morgan fingerprint density at radius 1 is 1.48 bits per heavy atom. The highest BCUT2D eigenvalue weighted by atomic mass is 32.2. The van der Waals surface area contributed by atoms with Crippen LogP contribution in [0.1, 0.15) is 30.9 Å². The first-order valence-corrected chi connectivity index (χ1v) is 8.63. The normalized spacial score (nSPS) is 26.0. The monoisotopic (exact) mass is 329 g/mol. The summed E-state index contributed by atoms with van der Waals surface area (Å²) < 4.78 is 0. The third-order valence-electron chi connectivity index (χ3n) is 4.61. The fourth-order valence-corrected chi connectivity index (χ4v) is 4.72. The maximum atomic E-state index is 12.8. The number of hydrogen-bond donors (Lipinski definition) is 0. The summed E-state index contributed by atoms with van der Waals surface area (Å²) in [4.78, 5) is 28.2. The van der Waals surface area contributed by atoms with Gasteiger partial charge in [-0.3, -0.25) is 9.59 Å². The molecule has 0 saturated carbocycles. The average molecular weight is 329 g/mol. The van der Waals surface area contributed by atoms with E-state index in [1.165, 1.54) is 0 Å². The van der Waals surface area contributed by atoms with Gasteiger partial charge in [0.2, 0.25) is 11.8 Å². The Balaban J connectivity index is 1.70. The van der Waals surface area contributed by atoms with Gasteiger partial charge in [-0.1, -0.05) is 12.1 Å². The number of nitriles is 1. The Morgan fingerprint density at radius 3 is 2.83 bits per heavy atom. The summed E-state index contributed by atoms with van der Waals surface area (Å²) in [6.45, 7) is 2.53. The van der Waals surface area contributed by atoms with E-state index in [1.807, 2.05) is 12.1 Å². The topological polar surface area (TPSA) is 64.4 Å². The molecule has 6 heteroatoms. The van der Waals surface area contributed by atoms with Crippen molar-refractivity contribution in [3.8, 4) is 6.07 Å². The highest BCUT2D eigenvalue weighted by Crippen LogP contribution is 2.47. The van der Waals surface area contributed by atoms with E-state index in [4.69, 9.17) is 5.26 Å². The molecule has 2 aliphatic heterocycles. The van der Waals surface area contributed by atoms with Gasteiger partial charge < -0.3 is 9.80 Å². The Labute approximate surface area is 140 Å². The van der Waals surface area contributed by atoms with Gasteiger partial charge in [-0.2, -0.15) is 5.26 Å². The van der Waals surface area contributed by atoms with Crippen LogP contribution in [0.15, 0.2) is 24.3 Å². The van der Waals surface area contributed by atoms with Crippen LogP contribution < -0.4 is 0 Å². The molecule has 1 aromatic rings. The van der Waals surface area contributed by atoms with Crippen LogP contribution >= 0.6 is 11.8 Å². The summed E-state index contributed by atoms with van der Waals surface area (Å²) in [5, 5.41) is 8.82. The lowest BCUT2D eigenvalue weighted by atomic mass is 10.1. The number of carbonyl (C=O) groups excluding carboxylic acids is 2. The summed E-state index contributed by atoms with van der Waals surface area (Å²) >= 11 is 1.71. The van der Waals surface area contributed by atoms with Crippen molar-refractivity contribution in [2.75, 3.05) is 12.8 Å². The number of likely N-dealkylation sites (N-methyl/N-ethyl adjacent to an activating group) is 1. The van der Waals surface area contributed by atoms with Crippen LogP contribution in [0.5, 0.6) is 0 Å². The molecule has 2 saturated heterocycles. The number of benzene rings is 1. The van der Waals surface area contributed by atoms with Gasteiger partial charge in [0.05, 0.1) is 16.5 Å². The van der Waals surface area contributed by atoms with Crippen LogP contribution in [0, 0.1) is 11.3 Å². The van der Waals surface area contributed by atoms with Crippen LogP contribution in [0.3, 0.4) is 0 Å². The second-order valence-electron chi connectivity index (χ2n) is 6.27. The highest BCUT2D eigenvalue weighted by Gasteiger charge is 2.53. The number of thioether (sulfide) groups is 1. The number of hydrogen-bond acceptors (Lipinski definition) is 4. The van der Waals surface area contributed by atoms with E-state index < -0.39 is 0 Å². The number of carbonyl (C=O) groups is 2. The lowest BCUT2D eigenvalue weighted by molar-refractivity contribution is -0.143. The Bertz CT molecular complexity index is 682. The van der Waals surface area contributed by atoms with Gasteiger partial charge in [0.25, 0.3) is 0 Å². The van der Waals surface area contributed by atoms with Gasteiger partial charge in [0.15, 0.2) is 0 Å². The molecule has 3 rings (SSSR count). The smallest absolute Gasteiger partial charge is 0.246 e. The van der Waals surface area contributed by atoms with Crippen LogP contribution in [0.25, 0.3) is 0 Å². The van der Waals surface area contributed by atoms with E-state index >= 15 is 0 Å². The van der Waals surface area contributed by atoms with Crippen LogP contribution in [0.4, 0.5) is 0 Å². The molecule has 1 aromatic carbocycles. The van der Waals surface area contributed by atoms with Gasteiger partial charge in [-0.05, 0) is 31.0 Å². The Hall–Kier alpha value is -2.00. The average Bonchev–Trinajstić information content (AvgIpc) is 3.04. The lowest BCUT2D eigenvalue weighted by Crippen LogP contribution is -2.50. The number of fused-ring (bicyclic) bond motifs is 1. The third kappa shape index (κ3) is 2.81. The maximum Gasteiger partial charge on any atom is 0.246 e. The van der Waals surface area contributed by atoms with Crippen molar-refractivity contribution in [1.29, 1.82) is 5.26 Å². The maximum absolute atomic E-state index is 12.8. The minimum Gasteiger partial charge on any atom is -0.340 e. The van der Waals surface area contributed by atoms with Gasteiger partial charge in [0, 0.05) is 25.8 Å². The zero-order chi connectivity index (χ0) is 16.6. The zero-order valence-electron chi connectivity index (χ0n) is 13.3. The fourth-order valence-electron chi connectivity index (χ4n) is 3.29. The SMILES string of the molecule is CN(Cc1ccc(C#N)cc1)C(=O)C1CSC2(C)CCC(=O)N12. The molecule has 0 bridgehead atoms. The number of amides is 2. The molecule has 2 aliphatic rings. The molecule has 2 unspecified atom stereocenters. The molecule has 2 amide bonds. The molecule has 0 aliphatic carbocycles. The molecular weight excluding hydrogens is 310 g/mol. The molecule has 2 fully saturated rings. The zero-order valence-corrected chi connectivity index (χ0v) is 14.1. The fraction of sp³-hybridized carbons (Fsp3) is 0.471. The summed E-state index contributed by atoms with van der Waals surface area (Å²) in [6, 6.07) is 8.94. The molecule has 0 spiro atoms. The first-order valence-electron chi connectivity index (χ1n) is 7.65. The summed E-state index contributed by atoms with van der Waals surface area (Å²) in [5.41, 5.74) is 1.58. The molecule has 120 valence electrons. The highest BCUT2D eigenvalue weighted by molar-refractivity contribution is 8.01. The van der Waals surface area contributed by atoms with Crippen molar-refractivity contribution < 1.29 is 9.59 Å². The largest absolute Gasteiger partial charge is 0.340 e. The Kier molecular flexibility index (Phi) is 4.07. The lowest BCUT2D eigenvalue weighted by Gasteiger charge is -2.32. The number of rotatable bonds is 3. The molecule has 23 heavy (non-hydrogen) atoms. The first-order chi connectivity index (χ1) is 10.9. The van der Waals surface area contributed by atoms with Gasteiger partial charge in [0.1, 0.15) is 6.04 Å². The van der Waals surface area contributed by atoms with Crippen molar-refractivity contribution >= 4 is 23.6 Å². The second kappa shape index (κ2) is 5.89. The van der Waals surface area contributed by atoms with Gasteiger partial charge >= 0.3 is 0 Å². The minimum absolute atomic E-state index is 0.0131. The Morgan fingerprint density at radius 2 is 2.17 bits per heavy atom. The minimum atomic E-state index is -0.358. The van der Waals surface area contributed by atoms with Crippen molar-refractivity contribution in [3.63, 3.8) is 0 Å². The van der Waals surface area contributed by atoms with Crippen molar-refractivity contribution in [3.05, 3.63) is 35.4 Å². The number of nitrogens with zero attached hydrogens (tertiary/aromatic N) is 3. The van der Waals surface area contributed by atoms with E-state index in [2.05, 4.69) is 13.0 Å². The van der Waals surface area contributed by atoms with Gasteiger partial charge in [-0.25, -0.2) is 0 Å². The van der Waals surface area contributed by atoms with Gasteiger partial charge in [-0.15, -0.1) is 11.8 Å². The van der Waals surface area contributed by atoms with Crippen molar-refractivity contribution in [1.82, 2.24) is 9.80 Å². The van der Waals surface area contributed by atoms with Crippen LogP contribution in [-0.2, 0) is 16.1 Å². The summed E-state index contributed by atoms with van der Waals surface area (Å²) in [6.07, 6.45) is 1.35. The van der Waals surface area contributed by atoms with E-state index in [-0.39, 0.29) is 22.7 Å². The molecular formula is C17H19N3O2S. The summed E-state index contributed by atoms with van der Waals surface area (Å²) in [7, 11) is 1.77. The standard InChI is InChI=1S/C17H19N3O2S/c1-17-8-7-15(21)20(17)14(11-23-17)16(22)19(2)10-13-5-3-12(9-18)4-6-13/h3-6,14H,7-8,10-11H2,1-2H3. The molecule has 5 nitrogen and oxygen atoms in total. The molecule has 0 radical (unpaired) electrons. The van der Waals surface area contributed by atoms with E-state index in [9.17, 15) is 9.59 Å². The van der Waals surface area contributed by atoms with E-state index in [0.717, 1.165) is 12.0 Å². The second-order valence-corrected chi connectivity index (χ2v) is 7.77. The molecule has 2 atom stereocenters. The van der Waals surface area contributed by atoms with Crippen LogP contribution in [-0.4, -0.2) is 45.3 Å². The van der Waals surface area contributed by atoms with Crippen molar-refractivity contribution in [2.45, 2.75) is 37.2 Å². The molecule has 0 aromatic heterocycles. The first kappa shape index (κ1) is 15.9. The predicted molar refractivity (Wildman–Crippen MR) is 88.4 cm³/mol. The third-order valence-corrected chi connectivity index (χ3v) is 6.11. The van der Waals surface area contributed by atoms with E-state index in [0.29, 0.717) is 24.3 Å². The van der Waals surface area contributed by atoms with Crippen molar-refractivity contribution in [2.24, 2.45) is 0 Å². The van der Waals surface area contributed by atoms with E-state index in [1.54, 1.807) is 40.7 Å². The quantitative estimate of drug-likeness (QED) is 0.850. The molecule has 0 N–H and O–H groups in total. The predicted octanol–water partition coefficient (Wildman–Crippen LogP) is 1.97. The molecule has 2 heterocycles. The van der Waals surface area contributed by atoms with Crippen LogP contribution in [0.2, 0.25) is 0 Å².